The first-order valence-electron chi connectivity index (χ1n) is 9.72. The SMILES string of the molecule is Cc1cc(Nc2nccc(C(F)(F)F)n2)cc(-c2ccnc(NCc3cncn3C)c2)c1. The van der Waals surface area contributed by atoms with Gasteiger partial charge in [-0.2, -0.15) is 13.2 Å². The van der Waals surface area contributed by atoms with Crippen molar-refractivity contribution < 1.29 is 13.2 Å². The average molecular weight is 439 g/mol. The number of hydrogen-bond donors (Lipinski definition) is 2. The highest BCUT2D eigenvalue weighted by Gasteiger charge is 2.32. The molecule has 0 saturated carbocycles. The predicted octanol–water partition coefficient (Wildman–Crippen LogP) is 4.96. The van der Waals surface area contributed by atoms with Gasteiger partial charge in [0.25, 0.3) is 0 Å². The quantitative estimate of drug-likeness (QED) is 0.442. The number of anilines is 3. The second-order valence-electron chi connectivity index (χ2n) is 7.26. The van der Waals surface area contributed by atoms with E-state index in [1.54, 1.807) is 18.7 Å². The Balaban J connectivity index is 1.56. The van der Waals surface area contributed by atoms with Crippen molar-refractivity contribution in [1.82, 2.24) is 24.5 Å². The lowest BCUT2D eigenvalue weighted by molar-refractivity contribution is -0.141. The van der Waals surface area contributed by atoms with E-state index in [4.69, 9.17) is 0 Å². The molecule has 0 atom stereocenters. The number of halogens is 3. The lowest BCUT2D eigenvalue weighted by atomic mass is 10.0. The van der Waals surface area contributed by atoms with Crippen LogP contribution in [0.1, 0.15) is 17.0 Å². The largest absolute Gasteiger partial charge is 0.433 e. The van der Waals surface area contributed by atoms with Crippen LogP contribution in [0.4, 0.5) is 30.6 Å². The van der Waals surface area contributed by atoms with Crippen molar-refractivity contribution in [2.75, 3.05) is 10.6 Å². The van der Waals surface area contributed by atoms with Crippen LogP contribution in [0, 0.1) is 6.92 Å². The number of rotatable bonds is 6. The first kappa shape index (κ1) is 21.3. The summed E-state index contributed by atoms with van der Waals surface area (Å²) < 4.78 is 40.7. The molecule has 0 saturated heterocycles. The van der Waals surface area contributed by atoms with Gasteiger partial charge in [0.2, 0.25) is 5.95 Å². The van der Waals surface area contributed by atoms with Gasteiger partial charge in [0.15, 0.2) is 0 Å². The fraction of sp³-hybridized carbons (Fsp3) is 0.182. The molecule has 164 valence electrons. The van der Waals surface area contributed by atoms with E-state index < -0.39 is 11.9 Å². The molecule has 4 rings (SSSR count). The molecule has 2 N–H and O–H groups in total. The lowest BCUT2D eigenvalue weighted by Crippen LogP contribution is -2.10. The molecule has 0 unspecified atom stereocenters. The van der Waals surface area contributed by atoms with Crippen molar-refractivity contribution in [2.24, 2.45) is 7.05 Å². The number of imidazole rings is 1. The maximum atomic E-state index is 12.9. The van der Waals surface area contributed by atoms with Gasteiger partial charge < -0.3 is 15.2 Å². The number of aromatic nitrogens is 5. The zero-order valence-electron chi connectivity index (χ0n) is 17.4. The minimum Gasteiger partial charge on any atom is -0.364 e. The summed E-state index contributed by atoms with van der Waals surface area (Å²) in [5.74, 6) is 0.575. The summed E-state index contributed by atoms with van der Waals surface area (Å²) >= 11 is 0. The number of nitrogens with one attached hydrogen (secondary N) is 2. The third kappa shape index (κ3) is 5.02. The number of pyridine rings is 1. The first-order valence-corrected chi connectivity index (χ1v) is 9.72. The fourth-order valence-electron chi connectivity index (χ4n) is 3.17. The van der Waals surface area contributed by atoms with Gasteiger partial charge in [-0.05, 0) is 53.9 Å². The Morgan fingerprint density at radius 2 is 1.81 bits per heavy atom. The highest BCUT2D eigenvalue weighted by atomic mass is 19.4. The lowest BCUT2D eigenvalue weighted by Gasteiger charge is -2.12. The van der Waals surface area contributed by atoms with Crippen molar-refractivity contribution in [3.63, 3.8) is 0 Å². The highest BCUT2D eigenvalue weighted by molar-refractivity contribution is 5.72. The molecule has 32 heavy (non-hydrogen) atoms. The maximum Gasteiger partial charge on any atom is 0.433 e. The highest BCUT2D eigenvalue weighted by Crippen LogP contribution is 2.30. The van der Waals surface area contributed by atoms with E-state index in [1.807, 2.05) is 48.9 Å². The Morgan fingerprint density at radius 3 is 2.56 bits per heavy atom. The third-order valence-electron chi connectivity index (χ3n) is 4.74. The Bertz CT molecular complexity index is 1230. The summed E-state index contributed by atoms with van der Waals surface area (Å²) in [6.07, 6.45) is 1.76. The van der Waals surface area contributed by atoms with Crippen LogP contribution < -0.4 is 10.6 Å². The molecule has 0 amide bonds. The van der Waals surface area contributed by atoms with Gasteiger partial charge in [-0.15, -0.1) is 0 Å². The molecule has 3 heterocycles. The molecular formula is C22H20F3N7. The topological polar surface area (TPSA) is 80.6 Å². The van der Waals surface area contributed by atoms with Crippen LogP contribution in [0.2, 0.25) is 0 Å². The second kappa shape index (κ2) is 8.66. The van der Waals surface area contributed by atoms with Gasteiger partial charge in [-0.25, -0.2) is 19.9 Å². The maximum absolute atomic E-state index is 12.9. The van der Waals surface area contributed by atoms with Gasteiger partial charge in [-0.1, -0.05) is 6.07 Å². The van der Waals surface area contributed by atoms with Crippen LogP contribution in [0.15, 0.2) is 61.3 Å². The number of nitrogens with zero attached hydrogens (tertiary/aromatic N) is 5. The molecular weight excluding hydrogens is 419 g/mol. The fourth-order valence-corrected chi connectivity index (χ4v) is 3.17. The minimum absolute atomic E-state index is 0.121. The summed E-state index contributed by atoms with van der Waals surface area (Å²) in [5, 5.41) is 6.14. The number of aryl methyl sites for hydroxylation is 2. The molecule has 1 aromatic carbocycles. The van der Waals surface area contributed by atoms with Gasteiger partial charge in [0, 0.05) is 31.3 Å². The van der Waals surface area contributed by atoms with Crippen LogP contribution in [0.5, 0.6) is 0 Å². The van der Waals surface area contributed by atoms with Crippen molar-refractivity contribution in [2.45, 2.75) is 19.6 Å². The predicted molar refractivity (Wildman–Crippen MR) is 115 cm³/mol. The second-order valence-corrected chi connectivity index (χ2v) is 7.26. The van der Waals surface area contributed by atoms with Gasteiger partial charge >= 0.3 is 6.18 Å². The van der Waals surface area contributed by atoms with Crippen molar-refractivity contribution in [3.8, 4) is 11.1 Å². The normalized spacial score (nSPS) is 11.4. The van der Waals surface area contributed by atoms with Crippen LogP contribution in [0.3, 0.4) is 0 Å². The number of benzene rings is 1. The smallest absolute Gasteiger partial charge is 0.364 e. The van der Waals surface area contributed by atoms with E-state index in [-0.39, 0.29) is 5.95 Å². The zero-order chi connectivity index (χ0) is 22.7. The minimum atomic E-state index is -4.53. The van der Waals surface area contributed by atoms with E-state index in [1.165, 1.54) is 0 Å². The Labute approximate surface area is 182 Å². The van der Waals surface area contributed by atoms with E-state index in [0.717, 1.165) is 34.6 Å². The Morgan fingerprint density at radius 1 is 1.00 bits per heavy atom. The molecule has 0 spiro atoms. The van der Waals surface area contributed by atoms with E-state index in [0.29, 0.717) is 18.1 Å². The van der Waals surface area contributed by atoms with Crippen LogP contribution in [0.25, 0.3) is 11.1 Å². The molecule has 0 aliphatic carbocycles. The standard InChI is InChI=1S/C22H20F3N7/c1-14-7-16(9-17(8-14)30-21-28-6-4-19(31-21)22(23,24)25)15-3-5-27-20(10-15)29-12-18-11-26-13-32(18)2/h3-11,13H,12H2,1-2H3,(H,27,29)(H,28,30,31). The Hall–Kier alpha value is -3.95. The molecule has 0 radical (unpaired) electrons. The van der Waals surface area contributed by atoms with E-state index in [2.05, 4.69) is 30.6 Å². The molecule has 10 heteroatoms. The molecule has 0 aliphatic heterocycles. The monoisotopic (exact) mass is 439 g/mol. The molecule has 0 bridgehead atoms. The van der Waals surface area contributed by atoms with Crippen LogP contribution in [-0.2, 0) is 19.8 Å². The van der Waals surface area contributed by atoms with Crippen LogP contribution >= 0.6 is 0 Å². The average Bonchev–Trinajstić information content (AvgIpc) is 3.16. The summed E-state index contributed by atoms with van der Waals surface area (Å²) in [4.78, 5) is 15.9. The number of alkyl halides is 3. The van der Waals surface area contributed by atoms with Crippen LogP contribution in [-0.4, -0.2) is 24.5 Å². The summed E-state index contributed by atoms with van der Waals surface area (Å²) in [7, 11) is 1.92. The zero-order valence-corrected chi connectivity index (χ0v) is 17.4. The summed E-state index contributed by atoms with van der Waals surface area (Å²) in [5.41, 5.74) is 3.31. The molecule has 0 aliphatic rings. The van der Waals surface area contributed by atoms with E-state index >= 15 is 0 Å². The van der Waals surface area contributed by atoms with E-state index in [9.17, 15) is 13.2 Å². The molecule has 4 aromatic rings. The molecule has 0 fully saturated rings. The van der Waals surface area contributed by atoms with Gasteiger partial charge in [-0.3, -0.25) is 0 Å². The van der Waals surface area contributed by atoms with Crippen molar-refractivity contribution >= 4 is 17.5 Å². The van der Waals surface area contributed by atoms with Gasteiger partial charge in [0.05, 0.1) is 18.6 Å². The van der Waals surface area contributed by atoms with Crippen molar-refractivity contribution in [1.29, 1.82) is 0 Å². The third-order valence-corrected chi connectivity index (χ3v) is 4.74. The van der Waals surface area contributed by atoms with Gasteiger partial charge in [0.1, 0.15) is 11.5 Å². The summed E-state index contributed by atoms with van der Waals surface area (Å²) in [6.45, 7) is 2.48. The summed E-state index contributed by atoms with van der Waals surface area (Å²) in [6, 6.07) is 10.2. The Kier molecular flexibility index (Phi) is 5.76. The molecule has 7 nitrogen and oxygen atoms in total. The molecule has 3 aromatic heterocycles. The van der Waals surface area contributed by atoms with Crippen molar-refractivity contribution in [3.05, 3.63) is 78.3 Å². The first-order chi connectivity index (χ1) is 15.3. The number of hydrogen-bond acceptors (Lipinski definition) is 6.